The molecule has 148 valence electrons. The highest BCUT2D eigenvalue weighted by molar-refractivity contribution is 8.18. The summed E-state index contributed by atoms with van der Waals surface area (Å²) < 4.78 is 10.5. The van der Waals surface area contributed by atoms with Gasteiger partial charge in [-0.25, -0.2) is 0 Å². The number of methoxy groups -OCH3 is 2. The minimum absolute atomic E-state index is 0.0368. The maximum absolute atomic E-state index is 12.2. The zero-order valence-electron chi connectivity index (χ0n) is 15.5. The number of rotatable bonds is 6. The molecule has 1 N–H and O–H groups in total. The van der Waals surface area contributed by atoms with Crippen LogP contribution in [0.4, 0.5) is 5.69 Å². The van der Waals surface area contributed by atoms with Gasteiger partial charge in [0.15, 0.2) is 16.7 Å². The third-order valence-electron chi connectivity index (χ3n) is 3.79. The standard InChI is InChI=1S/C19H16N4O5S/c1-27-15-7-6-12(9-16(15)28-2)10-17-18(24)21-19(29-17)22-20-11-13-4-3-5-14(8-13)23(25)26/h3-11H,1-2H3,(H,21,22,24). The van der Waals surface area contributed by atoms with Gasteiger partial charge in [0.1, 0.15) is 0 Å². The molecule has 29 heavy (non-hydrogen) atoms. The largest absolute Gasteiger partial charge is 0.493 e. The van der Waals surface area contributed by atoms with Gasteiger partial charge in [0, 0.05) is 17.7 Å². The third kappa shape index (κ3) is 4.99. The van der Waals surface area contributed by atoms with Crippen LogP contribution in [-0.2, 0) is 4.79 Å². The first-order valence-electron chi connectivity index (χ1n) is 8.28. The first-order valence-corrected chi connectivity index (χ1v) is 9.10. The number of amides is 1. The van der Waals surface area contributed by atoms with Crippen molar-refractivity contribution in [2.24, 2.45) is 10.2 Å². The zero-order chi connectivity index (χ0) is 20.8. The number of non-ortho nitro benzene ring substituents is 1. The molecule has 1 heterocycles. The first kappa shape index (κ1) is 20.1. The van der Waals surface area contributed by atoms with Crippen LogP contribution in [0.1, 0.15) is 11.1 Å². The number of hydrogen-bond acceptors (Lipinski definition) is 8. The lowest BCUT2D eigenvalue weighted by atomic mass is 10.2. The number of thioether (sulfide) groups is 1. The van der Waals surface area contributed by atoms with Gasteiger partial charge in [-0.15, -0.1) is 5.10 Å². The van der Waals surface area contributed by atoms with Crippen LogP contribution in [0, 0.1) is 10.1 Å². The molecule has 1 saturated heterocycles. The lowest BCUT2D eigenvalue weighted by molar-refractivity contribution is -0.384. The average molecular weight is 412 g/mol. The summed E-state index contributed by atoms with van der Waals surface area (Å²) in [6.45, 7) is 0. The summed E-state index contributed by atoms with van der Waals surface area (Å²) >= 11 is 1.14. The Kier molecular flexibility index (Phi) is 6.25. The van der Waals surface area contributed by atoms with Crippen molar-refractivity contribution in [3.05, 3.63) is 68.6 Å². The number of nitrogens with zero attached hydrogens (tertiary/aromatic N) is 3. The Labute approximate surface area is 170 Å². The minimum Gasteiger partial charge on any atom is -0.493 e. The monoisotopic (exact) mass is 412 g/mol. The average Bonchev–Trinajstić information content (AvgIpc) is 3.07. The fourth-order valence-electron chi connectivity index (χ4n) is 2.44. The van der Waals surface area contributed by atoms with E-state index < -0.39 is 4.92 Å². The number of carbonyl (C=O) groups excluding carboxylic acids is 1. The van der Waals surface area contributed by atoms with Gasteiger partial charge in [0.05, 0.1) is 30.3 Å². The lowest BCUT2D eigenvalue weighted by Crippen LogP contribution is -2.19. The molecule has 1 amide bonds. The molecular weight excluding hydrogens is 396 g/mol. The molecule has 2 aromatic carbocycles. The molecule has 1 aliphatic heterocycles. The summed E-state index contributed by atoms with van der Waals surface area (Å²) in [6.07, 6.45) is 3.08. The minimum atomic E-state index is -0.485. The van der Waals surface area contributed by atoms with Crippen LogP contribution in [0.25, 0.3) is 6.08 Å². The van der Waals surface area contributed by atoms with Crippen LogP contribution in [0.3, 0.4) is 0 Å². The van der Waals surface area contributed by atoms with Gasteiger partial charge < -0.3 is 9.47 Å². The Balaban J connectivity index is 1.73. The SMILES string of the molecule is COc1ccc(C=C2S/C(=N/N=Cc3cccc([N+](=O)[O-])c3)NC2=O)cc1OC. The summed E-state index contributed by atoms with van der Waals surface area (Å²) in [7, 11) is 3.09. The molecule has 0 aliphatic carbocycles. The van der Waals surface area contributed by atoms with Gasteiger partial charge in [0.2, 0.25) is 0 Å². The molecule has 0 spiro atoms. The van der Waals surface area contributed by atoms with Crippen molar-refractivity contribution < 1.29 is 19.2 Å². The second-order valence-electron chi connectivity index (χ2n) is 5.68. The Morgan fingerprint density at radius 2 is 1.90 bits per heavy atom. The molecule has 1 fully saturated rings. The van der Waals surface area contributed by atoms with Gasteiger partial charge in [-0.3, -0.25) is 20.2 Å². The number of carbonyl (C=O) groups is 1. The van der Waals surface area contributed by atoms with E-state index in [0.717, 1.165) is 17.3 Å². The predicted octanol–water partition coefficient (Wildman–Crippen LogP) is 3.21. The predicted molar refractivity (Wildman–Crippen MR) is 111 cm³/mol. The van der Waals surface area contributed by atoms with Crippen LogP contribution < -0.4 is 14.8 Å². The zero-order valence-corrected chi connectivity index (χ0v) is 16.3. The van der Waals surface area contributed by atoms with Crippen molar-refractivity contribution in [3.63, 3.8) is 0 Å². The van der Waals surface area contributed by atoms with Crippen molar-refractivity contribution in [1.82, 2.24) is 5.32 Å². The van der Waals surface area contributed by atoms with E-state index in [4.69, 9.17) is 9.47 Å². The number of nitrogens with one attached hydrogen (secondary N) is 1. The number of amidine groups is 1. The number of benzene rings is 2. The van der Waals surface area contributed by atoms with E-state index in [1.165, 1.54) is 25.5 Å². The van der Waals surface area contributed by atoms with Gasteiger partial charge in [-0.2, -0.15) is 5.10 Å². The molecule has 9 nitrogen and oxygen atoms in total. The highest BCUT2D eigenvalue weighted by atomic mass is 32.2. The fourth-order valence-corrected chi connectivity index (χ4v) is 3.21. The van der Waals surface area contributed by atoms with Crippen molar-refractivity contribution >= 4 is 40.8 Å². The number of hydrogen-bond donors (Lipinski definition) is 1. The van der Waals surface area contributed by atoms with Gasteiger partial charge in [0.25, 0.3) is 11.6 Å². The Hall–Kier alpha value is -3.66. The van der Waals surface area contributed by atoms with Crippen molar-refractivity contribution in [3.8, 4) is 11.5 Å². The molecule has 0 saturated carbocycles. The number of nitro groups is 1. The lowest BCUT2D eigenvalue weighted by Gasteiger charge is -2.07. The number of ether oxygens (including phenoxy) is 2. The molecule has 1 aliphatic rings. The van der Waals surface area contributed by atoms with Crippen LogP contribution in [0.5, 0.6) is 11.5 Å². The Morgan fingerprint density at radius 3 is 2.62 bits per heavy atom. The molecule has 2 aromatic rings. The first-order chi connectivity index (χ1) is 14.0. The second-order valence-corrected chi connectivity index (χ2v) is 6.71. The van der Waals surface area contributed by atoms with Gasteiger partial charge in [-0.05, 0) is 35.5 Å². The molecule has 0 radical (unpaired) electrons. The molecule has 0 aromatic heterocycles. The second kappa shape index (κ2) is 9.02. The van der Waals surface area contributed by atoms with Crippen molar-refractivity contribution in [1.29, 1.82) is 0 Å². The highest BCUT2D eigenvalue weighted by Gasteiger charge is 2.24. The van der Waals surface area contributed by atoms with Crippen LogP contribution in [0.2, 0.25) is 0 Å². The maximum Gasteiger partial charge on any atom is 0.270 e. The quantitative estimate of drug-likeness (QED) is 0.337. The molecule has 3 rings (SSSR count). The highest BCUT2D eigenvalue weighted by Crippen LogP contribution is 2.31. The van der Waals surface area contributed by atoms with Crippen LogP contribution in [-0.4, -0.2) is 36.4 Å². The van der Waals surface area contributed by atoms with Crippen LogP contribution >= 0.6 is 11.8 Å². The van der Waals surface area contributed by atoms with E-state index in [2.05, 4.69) is 15.5 Å². The summed E-state index contributed by atoms with van der Waals surface area (Å²) in [4.78, 5) is 22.9. The van der Waals surface area contributed by atoms with E-state index in [1.54, 1.807) is 43.5 Å². The van der Waals surface area contributed by atoms with Gasteiger partial charge >= 0.3 is 0 Å². The Bertz CT molecular complexity index is 1050. The molecule has 0 atom stereocenters. The topological polar surface area (TPSA) is 115 Å². The maximum atomic E-state index is 12.2. The van der Waals surface area contributed by atoms with Crippen molar-refractivity contribution in [2.45, 2.75) is 0 Å². The smallest absolute Gasteiger partial charge is 0.270 e. The molecule has 0 unspecified atom stereocenters. The molecule has 10 heteroatoms. The van der Waals surface area contributed by atoms with Crippen LogP contribution in [0.15, 0.2) is 57.6 Å². The van der Waals surface area contributed by atoms with E-state index >= 15 is 0 Å². The van der Waals surface area contributed by atoms with Gasteiger partial charge in [-0.1, -0.05) is 18.2 Å². The summed E-state index contributed by atoms with van der Waals surface area (Å²) in [6, 6.07) is 11.3. The van der Waals surface area contributed by atoms with Crippen molar-refractivity contribution in [2.75, 3.05) is 14.2 Å². The van der Waals surface area contributed by atoms with E-state index in [9.17, 15) is 14.9 Å². The van der Waals surface area contributed by atoms with E-state index in [-0.39, 0.29) is 11.6 Å². The third-order valence-corrected chi connectivity index (χ3v) is 4.69. The normalized spacial score (nSPS) is 16.4. The summed E-state index contributed by atoms with van der Waals surface area (Å²) in [5.41, 5.74) is 1.26. The molecular formula is C19H16N4O5S. The summed E-state index contributed by atoms with van der Waals surface area (Å²) in [5, 5.41) is 21.6. The molecule has 0 bridgehead atoms. The Morgan fingerprint density at radius 1 is 1.10 bits per heavy atom. The summed E-state index contributed by atoms with van der Waals surface area (Å²) in [5.74, 6) is 0.852. The number of nitro benzene ring substituents is 1. The van der Waals surface area contributed by atoms with E-state index in [1.807, 2.05) is 0 Å². The van der Waals surface area contributed by atoms with E-state index in [0.29, 0.717) is 27.1 Å². The fraction of sp³-hybridized carbons (Fsp3) is 0.105.